The zero-order valence-corrected chi connectivity index (χ0v) is 28.0. The van der Waals surface area contributed by atoms with E-state index in [1.54, 1.807) is 54.7 Å². The fraction of sp³-hybridized carbons (Fsp3) is 0.0294. The van der Waals surface area contributed by atoms with E-state index in [0.717, 1.165) is 10.2 Å². The molecule has 1 heterocycles. The van der Waals surface area contributed by atoms with Crippen molar-refractivity contribution in [2.24, 2.45) is 4.99 Å². The highest BCUT2D eigenvalue weighted by Crippen LogP contribution is 2.34. The number of rotatable bonds is 9. The zero-order valence-electron chi connectivity index (χ0n) is 24.2. The minimum Gasteiger partial charge on any atom is -0.353 e. The van der Waals surface area contributed by atoms with E-state index in [1.807, 2.05) is 42.5 Å². The molecule has 0 bridgehead atoms. The van der Waals surface area contributed by atoms with Gasteiger partial charge in [0.15, 0.2) is 0 Å². The average Bonchev–Trinajstić information content (AvgIpc) is 3.05. The molecule has 2 N–H and O–H groups in total. The number of aliphatic imine (C=N–C) groups is 1. The van der Waals surface area contributed by atoms with Crippen LogP contribution in [0.4, 0.5) is 17.1 Å². The van der Waals surface area contributed by atoms with E-state index in [0.29, 0.717) is 48.2 Å². The summed E-state index contributed by atoms with van der Waals surface area (Å²) in [5.41, 5.74) is 2.74. The molecule has 0 saturated heterocycles. The first kappa shape index (κ1) is 32.6. The van der Waals surface area contributed by atoms with Gasteiger partial charge in [-0.15, -0.1) is 0 Å². The van der Waals surface area contributed by atoms with Crippen molar-refractivity contribution in [1.29, 1.82) is 0 Å². The first-order chi connectivity index (χ1) is 22.6. The van der Waals surface area contributed by atoms with Gasteiger partial charge in [-0.1, -0.05) is 88.9 Å². The molecule has 0 saturated carbocycles. The van der Waals surface area contributed by atoms with E-state index in [-0.39, 0.29) is 22.5 Å². The highest BCUT2D eigenvalue weighted by molar-refractivity contribution is 7.92. The lowest BCUT2D eigenvalue weighted by molar-refractivity contribution is 0.592. The van der Waals surface area contributed by atoms with Crippen LogP contribution in [0.15, 0.2) is 124 Å². The van der Waals surface area contributed by atoms with Crippen molar-refractivity contribution in [2.45, 2.75) is 11.3 Å². The summed E-state index contributed by atoms with van der Waals surface area (Å²) in [6, 6.07) is 30.1. The number of hydrogen-bond donors (Lipinski definition) is 2. The molecule has 8 nitrogen and oxygen atoms in total. The first-order valence-corrected chi connectivity index (χ1v) is 17.0. The summed E-state index contributed by atoms with van der Waals surface area (Å²) < 4.78 is 28.2. The summed E-state index contributed by atoms with van der Waals surface area (Å²) in [6.45, 7) is 0. The maximum absolute atomic E-state index is 13.8. The molecule has 0 spiro atoms. The topological polar surface area (TPSA) is 105 Å². The third kappa shape index (κ3) is 7.30. The third-order valence-electron chi connectivity index (χ3n) is 7.11. The molecule has 0 aliphatic heterocycles. The van der Waals surface area contributed by atoms with Gasteiger partial charge in [-0.3, -0.25) is 9.79 Å². The normalized spacial score (nSPS) is 11.7. The highest BCUT2D eigenvalue weighted by Gasteiger charge is 2.21. The van der Waals surface area contributed by atoms with Gasteiger partial charge in [0.25, 0.3) is 15.6 Å². The molecule has 0 radical (unpaired) electrons. The van der Waals surface area contributed by atoms with Crippen LogP contribution in [-0.4, -0.2) is 24.3 Å². The van der Waals surface area contributed by atoms with Crippen molar-refractivity contribution in [3.8, 4) is 0 Å². The van der Waals surface area contributed by atoms with Crippen molar-refractivity contribution >= 4 is 90.6 Å². The Hall–Kier alpha value is -4.38. The maximum atomic E-state index is 13.8. The number of nitrogens with zero attached hydrogens (tertiary/aromatic N) is 3. The van der Waals surface area contributed by atoms with Crippen molar-refractivity contribution < 1.29 is 8.42 Å². The fourth-order valence-corrected chi connectivity index (χ4v) is 6.62. The summed E-state index contributed by atoms with van der Waals surface area (Å²) in [6.07, 6.45) is 1.64. The van der Waals surface area contributed by atoms with E-state index in [2.05, 4.69) is 20.1 Å². The molecule has 0 atom stereocenters. The van der Waals surface area contributed by atoms with Gasteiger partial charge in [0.2, 0.25) is 0 Å². The molecule has 6 rings (SSSR count). The van der Waals surface area contributed by atoms with Gasteiger partial charge < -0.3 is 5.32 Å². The van der Waals surface area contributed by atoms with Gasteiger partial charge >= 0.3 is 0 Å². The van der Waals surface area contributed by atoms with Crippen LogP contribution in [0, 0.1) is 0 Å². The molecule has 0 fully saturated rings. The van der Waals surface area contributed by atoms with Gasteiger partial charge in [-0.25, -0.2) is 9.82 Å². The number of hydrogen-bond acceptors (Lipinski definition) is 6. The standard InChI is InChI=1S/C34H23Cl4N5O3S/c35-23-12-17-26-31(19-23)40-32(18-21-6-2-4-11-30(21)41-33-28(37)9-5-10-29(33)38)43(34(26)44)42-47(45,46)25-15-13-24(14-16-25)39-20-22-7-1-3-8-27(22)36/h1-17,19-20,41-42H,18H2. The minimum atomic E-state index is -4.26. The SMILES string of the molecule is O=c1c2ccc(Cl)cc2nc(Cc2ccccc2Nc2c(Cl)cccc2Cl)n1NS(=O)(=O)c1ccc(N=Cc2ccccc2Cl)cc1. The Balaban J connectivity index is 1.36. The van der Waals surface area contributed by atoms with Crippen LogP contribution >= 0.6 is 46.4 Å². The Kier molecular flexibility index (Phi) is 9.54. The summed E-state index contributed by atoms with van der Waals surface area (Å²) in [5, 5.41) is 5.18. The van der Waals surface area contributed by atoms with Crippen LogP contribution in [-0.2, 0) is 16.4 Å². The zero-order chi connectivity index (χ0) is 33.1. The molecule has 1 aromatic heterocycles. The van der Waals surface area contributed by atoms with E-state index in [9.17, 15) is 13.2 Å². The van der Waals surface area contributed by atoms with Gasteiger partial charge in [0, 0.05) is 33.9 Å². The highest BCUT2D eigenvalue weighted by atomic mass is 35.5. The summed E-state index contributed by atoms with van der Waals surface area (Å²) in [4.78, 5) is 25.2. The number of fused-ring (bicyclic) bond motifs is 1. The van der Waals surface area contributed by atoms with Gasteiger partial charge in [-0.2, -0.15) is 13.1 Å². The number of para-hydroxylation sites is 2. The van der Waals surface area contributed by atoms with Crippen LogP contribution in [0.5, 0.6) is 0 Å². The summed E-state index contributed by atoms with van der Waals surface area (Å²) in [5.74, 6) is 0.119. The molecule has 236 valence electrons. The monoisotopic (exact) mass is 721 g/mol. The van der Waals surface area contributed by atoms with Crippen molar-refractivity contribution in [2.75, 3.05) is 10.1 Å². The lowest BCUT2D eigenvalue weighted by atomic mass is 10.1. The summed E-state index contributed by atoms with van der Waals surface area (Å²) >= 11 is 25.2. The molecule has 5 aromatic carbocycles. The van der Waals surface area contributed by atoms with Crippen LogP contribution in [0.25, 0.3) is 10.9 Å². The van der Waals surface area contributed by atoms with Crippen molar-refractivity contribution in [3.63, 3.8) is 0 Å². The fourth-order valence-electron chi connectivity index (χ4n) is 4.74. The molecule has 47 heavy (non-hydrogen) atoms. The molecule has 0 aliphatic carbocycles. The minimum absolute atomic E-state index is 0.0428. The Morgan fingerprint density at radius 2 is 1.47 bits per heavy atom. The van der Waals surface area contributed by atoms with Gasteiger partial charge in [-0.05, 0) is 72.3 Å². The Labute approximate surface area is 290 Å². The summed E-state index contributed by atoms with van der Waals surface area (Å²) in [7, 11) is -4.26. The lowest BCUT2D eigenvalue weighted by Crippen LogP contribution is -2.36. The number of sulfonamides is 1. The number of aromatic nitrogens is 2. The predicted molar refractivity (Wildman–Crippen MR) is 192 cm³/mol. The second-order valence-corrected chi connectivity index (χ2v) is 13.6. The number of benzene rings is 5. The van der Waals surface area contributed by atoms with Gasteiger partial charge in [0.05, 0.1) is 37.2 Å². The van der Waals surface area contributed by atoms with E-state index in [1.165, 1.54) is 18.2 Å². The number of anilines is 2. The second kappa shape index (κ2) is 13.8. The molecule has 0 aliphatic rings. The molecular formula is C34H23Cl4N5O3S. The maximum Gasteiger partial charge on any atom is 0.280 e. The van der Waals surface area contributed by atoms with Crippen molar-refractivity contribution in [1.82, 2.24) is 9.66 Å². The molecule has 0 unspecified atom stereocenters. The van der Waals surface area contributed by atoms with Crippen LogP contribution < -0.4 is 15.7 Å². The van der Waals surface area contributed by atoms with Crippen LogP contribution in [0.2, 0.25) is 20.1 Å². The Morgan fingerprint density at radius 1 is 0.787 bits per heavy atom. The van der Waals surface area contributed by atoms with Crippen molar-refractivity contribution in [3.05, 3.63) is 157 Å². The smallest absolute Gasteiger partial charge is 0.280 e. The largest absolute Gasteiger partial charge is 0.353 e. The van der Waals surface area contributed by atoms with Gasteiger partial charge in [0.1, 0.15) is 5.82 Å². The molecule has 13 heteroatoms. The number of halogens is 4. The Bertz CT molecular complexity index is 2310. The molecule has 6 aromatic rings. The first-order valence-electron chi connectivity index (χ1n) is 14.0. The van der Waals surface area contributed by atoms with E-state index >= 15 is 0 Å². The van der Waals surface area contributed by atoms with E-state index < -0.39 is 15.6 Å². The lowest BCUT2D eigenvalue weighted by Gasteiger charge is -2.18. The molecular weight excluding hydrogens is 700 g/mol. The van der Waals surface area contributed by atoms with Crippen LogP contribution in [0.3, 0.4) is 0 Å². The average molecular weight is 723 g/mol. The molecule has 0 amide bonds. The van der Waals surface area contributed by atoms with E-state index in [4.69, 9.17) is 46.4 Å². The Morgan fingerprint density at radius 3 is 2.21 bits per heavy atom. The quantitative estimate of drug-likeness (QED) is 0.145. The number of nitrogens with one attached hydrogen (secondary N) is 2. The predicted octanol–water partition coefficient (Wildman–Crippen LogP) is 9.03. The second-order valence-electron chi connectivity index (χ2n) is 10.3. The van der Waals surface area contributed by atoms with Crippen LogP contribution in [0.1, 0.15) is 17.0 Å². The third-order valence-corrected chi connectivity index (χ3v) is 9.63.